The summed E-state index contributed by atoms with van der Waals surface area (Å²) in [5.41, 5.74) is 0.209. The number of carbonyl (C=O) groups excluding carboxylic acids is 3. The molecule has 0 aromatic heterocycles. The maximum Gasteiger partial charge on any atom is 0.408 e. The monoisotopic (exact) mass is 492 g/mol. The summed E-state index contributed by atoms with van der Waals surface area (Å²) in [6, 6.07) is 4.97. The van der Waals surface area contributed by atoms with Crippen LogP contribution in [0.1, 0.15) is 45.7 Å². The number of ether oxygens (including phenoxy) is 1. The minimum atomic E-state index is -0.788. The van der Waals surface area contributed by atoms with E-state index in [4.69, 9.17) is 4.74 Å². The van der Waals surface area contributed by atoms with Crippen molar-refractivity contribution >= 4 is 29.7 Å². The van der Waals surface area contributed by atoms with Gasteiger partial charge in [-0.05, 0) is 51.8 Å². The van der Waals surface area contributed by atoms with Crippen LogP contribution in [0.2, 0.25) is 0 Å². The van der Waals surface area contributed by atoms with Crippen LogP contribution in [-0.2, 0) is 14.3 Å². The third-order valence-corrected chi connectivity index (χ3v) is 7.52. The van der Waals surface area contributed by atoms with E-state index in [1.54, 1.807) is 49.6 Å². The Balaban J connectivity index is 1.44. The van der Waals surface area contributed by atoms with Gasteiger partial charge in [-0.1, -0.05) is 12.1 Å². The lowest BCUT2D eigenvalue weighted by Crippen LogP contribution is -2.58. The summed E-state index contributed by atoms with van der Waals surface area (Å²) >= 11 is 1.68. The maximum atomic E-state index is 13.3. The number of hydrogen-bond donors (Lipinski definition) is 1. The number of carbonyl (C=O) groups is 3. The van der Waals surface area contributed by atoms with Crippen molar-refractivity contribution in [1.82, 2.24) is 20.0 Å². The van der Waals surface area contributed by atoms with E-state index in [1.165, 1.54) is 12.1 Å². The first-order chi connectivity index (χ1) is 16.0. The number of amides is 3. The lowest BCUT2D eigenvalue weighted by atomic mass is 10.1. The normalized spacial score (nSPS) is 24.4. The number of nitrogens with zero attached hydrogens (tertiary/aromatic N) is 3. The standard InChI is InChI=1S/C24H33FN4O4S/c1-15(16-5-7-17(25)8-6-16)29-18-11-20(22(29)31)28(12-18)13-19(21(30)27-9-10-34-14-27)26-23(32)33-24(2,3)4/h5-8,15,18-20H,9-14H2,1-4H3,(H,26,32)/t15-,18-,19?,20-/m0/s1. The number of fused-ring (bicyclic) bond motifs is 2. The summed E-state index contributed by atoms with van der Waals surface area (Å²) in [6.45, 7) is 8.80. The quantitative estimate of drug-likeness (QED) is 0.658. The van der Waals surface area contributed by atoms with Gasteiger partial charge in [0.25, 0.3) is 0 Å². The van der Waals surface area contributed by atoms with Gasteiger partial charge < -0.3 is 19.9 Å². The van der Waals surface area contributed by atoms with Crippen LogP contribution in [0.4, 0.5) is 9.18 Å². The highest BCUT2D eigenvalue weighted by Crippen LogP contribution is 2.38. The molecule has 4 rings (SSSR count). The Hall–Kier alpha value is -2.33. The molecule has 1 aromatic rings. The Labute approximate surface area is 204 Å². The number of halogens is 1. The summed E-state index contributed by atoms with van der Waals surface area (Å²) in [5.74, 6) is 1.02. The zero-order chi connectivity index (χ0) is 24.6. The molecule has 3 aliphatic rings. The first kappa shape index (κ1) is 24.8. The van der Waals surface area contributed by atoms with Crippen molar-refractivity contribution < 1.29 is 23.5 Å². The van der Waals surface area contributed by atoms with Gasteiger partial charge >= 0.3 is 6.09 Å². The van der Waals surface area contributed by atoms with Gasteiger partial charge in [0, 0.05) is 31.4 Å². The molecule has 186 valence electrons. The van der Waals surface area contributed by atoms with E-state index in [1.807, 2.05) is 16.7 Å². The molecule has 3 fully saturated rings. The van der Waals surface area contributed by atoms with Gasteiger partial charge in [-0.25, -0.2) is 9.18 Å². The zero-order valence-corrected chi connectivity index (χ0v) is 20.9. The lowest BCUT2D eigenvalue weighted by Gasteiger charge is -2.39. The third-order valence-electron chi connectivity index (χ3n) is 6.55. The molecule has 0 spiro atoms. The van der Waals surface area contributed by atoms with E-state index in [2.05, 4.69) is 5.32 Å². The average molecular weight is 493 g/mol. The number of thioether (sulfide) groups is 1. The fourth-order valence-electron chi connectivity index (χ4n) is 4.98. The molecule has 4 atom stereocenters. The summed E-state index contributed by atoms with van der Waals surface area (Å²) in [5, 5.41) is 2.75. The number of alkyl carbamates (subject to hydrolysis) is 1. The van der Waals surface area contributed by atoms with E-state index in [0.29, 0.717) is 25.4 Å². The number of benzene rings is 1. The van der Waals surface area contributed by atoms with E-state index in [-0.39, 0.29) is 42.3 Å². The molecule has 3 saturated heterocycles. The first-order valence-electron chi connectivity index (χ1n) is 11.7. The van der Waals surface area contributed by atoms with Crippen LogP contribution in [0.3, 0.4) is 0 Å². The van der Waals surface area contributed by atoms with Crippen molar-refractivity contribution in [2.24, 2.45) is 0 Å². The Morgan fingerprint density at radius 1 is 1.26 bits per heavy atom. The van der Waals surface area contributed by atoms with Crippen LogP contribution in [0.5, 0.6) is 0 Å². The molecular weight excluding hydrogens is 459 g/mol. The molecule has 2 bridgehead atoms. The molecule has 3 amide bonds. The van der Waals surface area contributed by atoms with Gasteiger partial charge in [-0.15, -0.1) is 11.8 Å². The predicted octanol–water partition coefficient (Wildman–Crippen LogP) is 2.60. The Morgan fingerprint density at radius 2 is 1.97 bits per heavy atom. The van der Waals surface area contributed by atoms with E-state index < -0.39 is 17.7 Å². The highest BCUT2D eigenvalue weighted by molar-refractivity contribution is 7.99. The van der Waals surface area contributed by atoms with Crippen LogP contribution in [0.25, 0.3) is 0 Å². The highest BCUT2D eigenvalue weighted by atomic mass is 32.2. The van der Waals surface area contributed by atoms with Crippen molar-refractivity contribution in [3.63, 3.8) is 0 Å². The van der Waals surface area contributed by atoms with Crippen LogP contribution in [-0.4, -0.2) is 87.6 Å². The summed E-state index contributed by atoms with van der Waals surface area (Å²) in [6.07, 6.45) is 0.0389. The van der Waals surface area contributed by atoms with Crippen LogP contribution < -0.4 is 5.32 Å². The molecule has 3 heterocycles. The zero-order valence-electron chi connectivity index (χ0n) is 20.1. The van der Waals surface area contributed by atoms with Crippen molar-refractivity contribution in [2.75, 3.05) is 31.3 Å². The Kier molecular flexibility index (Phi) is 7.09. The highest BCUT2D eigenvalue weighted by Gasteiger charge is 2.52. The number of nitrogens with one attached hydrogen (secondary N) is 1. The second kappa shape index (κ2) is 9.73. The number of hydrogen-bond acceptors (Lipinski definition) is 6. The van der Waals surface area contributed by atoms with Crippen molar-refractivity contribution in [3.05, 3.63) is 35.6 Å². The van der Waals surface area contributed by atoms with Gasteiger partial charge in [0.2, 0.25) is 11.8 Å². The van der Waals surface area contributed by atoms with E-state index in [9.17, 15) is 18.8 Å². The fourth-order valence-corrected chi connectivity index (χ4v) is 5.93. The number of rotatable bonds is 6. The van der Waals surface area contributed by atoms with Gasteiger partial charge in [0.1, 0.15) is 17.5 Å². The van der Waals surface area contributed by atoms with Gasteiger partial charge in [-0.3, -0.25) is 14.5 Å². The second-order valence-corrected chi connectivity index (χ2v) is 11.2. The molecule has 1 aromatic carbocycles. The van der Waals surface area contributed by atoms with Crippen molar-refractivity contribution in [2.45, 2.75) is 63.9 Å². The van der Waals surface area contributed by atoms with Gasteiger partial charge in [-0.2, -0.15) is 0 Å². The minimum Gasteiger partial charge on any atom is -0.444 e. The maximum absolute atomic E-state index is 13.3. The van der Waals surface area contributed by atoms with Crippen LogP contribution in [0, 0.1) is 5.82 Å². The first-order valence-corrected chi connectivity index (χ1v) is 12.9. The summed E-state index contributed by atoms with van der Waals surface area (Å²) in [4.78, 5) is 44.6. The molecule has 34 heavy (non-hydrogen) atoms. The number of piperazine rings is 1. The van der Waals surface area contributed by atoms with E-state index in [0.717, 1.165) is 11.3 Å². The minimum absolute atomic E-state index is 0.00766. The third kappa shape index (κ3) is 5.33. The summed E-state index contributed by atoms with van der Waals surface area (Å²) < 4.78 is 18.7. The fraction of sp³-hybridized carbons (Fsp3) is 0.625. The molecule has 0 aliphatic carbocycles. The molecule has 0 radical (unpaired) electrons. The van der Waals surface area contributed by atoms with Gasteiger partial charge in [0.05, 0.1) is 18.0 Å². The van der Waals surface area contributed by atoms with Crippen LogP contribution in [0.15, 0.2) is 24.3 Å². The Morgan fingerprint density at radius 3 is 2.56 bits per heavy atom. The largest absolute Gasteiger partial charge is 0.444 e. The predicted molar refractivity (Wildman–Crippen MR) is 128 cm³/mol. The summed E-state index contributed by atoms with van der Waals surface area (Å²) in [7, 11) is 0. The molecule has 8 nitrogen and oxygen atoms in total. The van der Waals surface area contributed by atoms with Gasteiger partial charge in [0.15, 0.2) is 0 Å². The second-order valence-electron chi connectivity index (χ2n) is 10.2. The van der Waals surface area contributed by atoms with Crippen molar-refractivity contribution in [3.8, 4) is 0 Å². The Bertz CT molecular complexity index is 932. The molecule has 1 unspecified atom stereocenters. The smallest absolute Gasteiger partial charge is 0.408 e. The average Bonchev–Trinajstić information content (AvgIpc) is 3.48. The molecule has 0 saturated carbocycles. The topological polar surface area (TPSA) is 82.2 Å². The van der Waals surface area contributed by atoms with E-state index >= 15 is 0 Å². The molecule has 3 aliphatic heterocycles. The van der Waals surface area contributed by atoms with Crippen molar-refractivity contribution in [1.29, 1.82) is 0 Å². The lowest BCUT2D eigenvalue weighted by molar-refractivity contribution is -0.141. The molecule has 1 N–H and O–H groups in total. The molecule has 10 heteroatoms. The SMILES string of the molecule is C[C@@H](c1ccc(F)cc1)N1C(=O)[C@@H]2C[C@H]1CN2CC(NC(=O)OC(C)(C)C)C(=O)N1CCSC1. The van der Waals surface area contributed by atoms with Crippen LogP contribution >= 0.6 is 11.8 Å². The molecular formula is C24H33FN4O4S. The number of likely N-dealkylation sites (tertiary alicyclic amines) is 2.